The molecule has 31 heavy (non-hydrogen) atoms. The first-order chi connectivity index (χ1) is 15.1. The smallest absolute Gasteiger partial charge is 0.363 e. The standard InChI is InChI=1S/C24H26N2O5/c1-2-3-4-5-6-7-15-30-21-13-11-18(12-14-21)16-22-24(27)31-23(25-22)19-9-8-10-20(17-19)26(28)29/h8-14,16-17H,2-7,15H2,1H3. The molecular weight excluding hydrogens is 396 g/mol. The van der Waals surface area contributed by atoms with Crippen LogP contribution in [-0.4, -0.2) is 23.4 Å². The normalized spacial score (nSPS) is 14.4. The van der Waals surface area contributed by atoms with E-state index in [1.807, 2.05) is 24.3 Å². The van der Waals surface area contributed by atoms with Gasteiger partial charge in [-0.2, -0.15) is 0 Å². The molecule has 1 aliphatic rings. The van der Waals surface area contributed by atoms with Crippen molar-refractivity contribution in [2.45, 2.75) is 45.4 Å². The first-order valence-electron chi connectivity index (χ1n) is 10.6. The van der Waals surface area contributed by atoms with Crippen molar-refractivity contribution in [3.8, 4) is 5.75 Å². The first-order valence-corrected chi connectivity index (χ1v) is 10.6. The molecule has 0 unspecified atom stereocenters. The number of cyclic esters (lactones) is 1. The summed E-state index contributed by atoms with van der Waals surface area (Å²) in [6, 6.07) is 13.2. The molecular formula is C24H26N2O5. The van der Waals surface area contributed by atoms with Crippen LogP contribution in [0.3, 0.4) is 0 Å². The van der Waals surface area contributed by atoms with Gasteiger partial charge in [-0.25, -0.2) is 9.79 Å². The fraction of sp³-hybridized carbons (Fsp3) is 0.333. The van der Waals surface area contributed by atoms with Gasteiger partial charge in [0.2, 0.25) is 5.90 Å². The Hall–Kier alpha value is -3.48. The van der Waals surface area contributed by atoms with Crippen molar-refractivity contribution in [3.05, 3.63) is 75.5 Å². The van der Waals surface area contributed by atoms with Crippen molar-refractivity contribution in [1.82, 2.24) is 0 Å². The number of nitro benzene ring substituents is 1. The highest BCUT2D eigenvalue weighted by atomic mass is 16.6. The zero-order valence-corrected chi connectivity index (χ0v) is 17.6. The molecule has 0 N–H and O–H groups in total. The van der Waals surface area contributed by atoms with Crippen LogP contribution in [0, 0.1) is 10.1 Å². The van der Waals surface area contributed by atoms with Crippen molar-refractivity contribution < 1.29 is 19.2 Å². The van der Waals surface area contributed by atoms with Gasteiger partial charge in [-0.15, -0.1) is 0 Å². The summed E-state index contributed by atoms with van der Waals surface area (Å²) in [7, 11) is 0. The molecule has 0 aliphatic carbocycles. The van der Waals surface area contributed by atoms with E-state index in [9.17, 15) is 14.9 Å². The van der Waals surface area contributed by atoms with Crippen molar-refractivity contribution >= 4 is 23.6 Å². The Bertz CT molecular complexity index is 980. The number of unbranched alkanes of at least 4 members (excludes halogenated alkanes) is 5. The van der Waals surface area contributed by atoms with Crippen LogP contribution >= 0.6 is 0 Å². The van der Waals surface area contributed by atoms with Gasteiger partial charge < -0.3 is 9.47 Å². The van der Waals surface area contributed by atoms with Crippen molar-refractivity contribution in [3.63, 3.8) is 0 Å². The van der Waals surface area contributed by atoms with E-state index in [1.165, 1.54) is 50.3 Å². The van der Waals surface area contributed by atoms with E-state index in [0.717, 1.165) is 17.7 Å². The van der Waals surface area contributed by atoms with Gasteiger partial charge in [0.15, 0.2) is 5.70 Å². The van der Waals surface area contributed by atoms with E-state index in [1.54, 1.807) is 12.1 Å². The molecule has 0 saturated heterocycles. The maximum absolute atomic E-state index is 12.2. The minimum atomic E-state index is -0.593. The molecule has 7 heteroatoms. The lowest BCUT2D eigenvalue weighted by molar-refractivity contribution is -0.384. The lowest BCUT2D eigenvalue weighted by atomic mass is 10.1. The number of nitro groups is 1. The molecule has 3 rings (SSSR count). The number of carbonyl (C=O) groups is 1. The van der Waals surface area contributed by atoms with E-state index in [-0.39, 0.29) is 17.3 Å². The van der Waals surface area contributed by atoms with Gasteiger partial charge in [-0.05, 0) is 36.3 Å². The highest BCUT2D eigenvalue weighted by molar-refractivity contribution is 6.13. The number of rotatable bonds is 11. The average molecular weight is 422 g/mol. The summed E-state index contributed by atoms with van der Waals surface area (Å²) >= 11 is 0. The second-order valence-electron chi connectivity index (χ2n) is 7.33. The molecule has 0 atom stereocenters. The fourth-order valence-electron chi connectivity index (χ4n) is 3.18. The van der Waals surface area contributed by atoms with Gasteiger partial charge >= 0.3 is 5.97 Å². The van der Waals surface area contributed by atoms with E-state index in [0.29, 0.717) is 12.2 Å². The van der Waals surface area contributed by atoms with Crippen LogP contribution in [0.25, 0.3) is 6.08 Å². The monoisotopic (exact) mass is 422 g/mol. The molecule has 2 aromatic carbocycles. The Labute approximate surface area is 181 Å². The molecule has 2 aromatic rings. The van der Waals surface area contributed by atoms with Crippen molar-refractivity contribution in [2.24, 2.45) is 4.99 Å². The van der Waals surface area contributed by atoms with Gasteiger partial charge in [0.1, 0.15) is 5.75 Å². The SMILES string of the molecule is CCCCCCCCOc1ccc(C=C2N=C(c3cccc([N+](=O)[O-])c3)OC2=O)cc1. The minimum Gasteiger partial charge on any atom is -0.494 e. The number of nitrogens with zero attached hydrogens (tertiary/aromatic N) is 2. The third kappa shape index (κ3) is 6.50. The molecule has 0 fully saturated rings. The Morgan fingerprint density at radius 3 is 2.55 bits per heavy atom. The molecule has 0 bridgehead atoms. The Balaban J connectivity index is 1.58. The number of carbonyl (C=O) groups excluding carboxylic acids is 1. The number of benzene rings is 2. The van der Waals surface area contributed by atoms with Crippen LogP contribution in [-0.2, 0) is 9.53 Å². The zero-order valence-electron chi connectivity index (χ0n) is 17.6. The van der Waals surface area contributed by atoms with Gasteiger partial charge in [0.05, 0.1) is 11.5 Å². The Kier molecular flexibility index (Phi) is 7.92. The highest BCUT2D eigenvalue weighted by Gasteiger charge is 2.25. The Morgan fingerprint density at radius 2 is 1.81 bits per heavy atom. The maximum Gasteiger partial charge on any atom is 0.363 e. The van der Waals surface area contributed by atoms with Crippen molar-refractivity contribution in [2.75, 3.05) is 6.61 Å². The van der Waals surface area contributed by atoms with E-state index < -0.39 is 10.9 Å². The third-order valence-corrected chi connectivity index (χ3v) is 4.87. The van der Waals surface area contributed by atoms with Crippen LogP contribution in [0.4, 0.5) is 5.69 Å². The molecule has 162 valence electrons. The van der Waals surface area contributed by atoms with Crippen LogP contribution in [0.5, 0.6) is 5.75 Å². The molecule has 0 aromatic heterocycles. The summed E-state index contributed by atoms with van der Waals surface area (Å²) in [6.07, 6.45) is 8.91. The van der Waals surface area contributed by atoms with Crippen LogP contribution < -0.4 is 4.74 Å². The summed E-state index contributed by atoms with van der Waals surface area (Å²) in [5.41, 5.74) is 1.21. The second kappa shape index (κ2) is 11.1. The van der Waals surface area contributed by atoms with Crippen LogP contribution in [0.2, 0.25) is 0 Å². The predicted molar refractivity (Wildman–Crippen MR) is 119 cm³/mol. The lowest BCUT2D eigenvalue weighted by Crippen LogP contribution is -2.05. The maximum atomic E-state index is 12.2. The summed E-state index contributed by atoms with van der Waals surface area (Å²) in [4.78, 5) is 26.8. The molecule has 0 radical (unpaired) electrons. The van der Waals surface area contributed by atoms with Crippen molar-refractivity contribution in [1.29, 1.82) is 0 Å². The minimum absolute atomic E-state index is 0.0545. The summed E-state index contributed by atoms with van der Waals surface area (Å²) in [5.74, 6) is 0.245. The molecule has 7 nitrogen and oxygen atoms in total. The third-order valence-electron chi connectivity index (χ3n) is 4.87. The van der Waals surface area contributed by atoms with Gasteiger partial charge in [-0.3, -0.25) is 10.1 Å². The first kappa shape index (κ1) is 22.2. The molecule has 1 heterocycles. The molecule has 0 amide bonds. The summed E-state index contributed by atoms with van der Waals surface area (Å²) in [5, 5.41) is 10.9. The fourth-order valence-corrected chi connectivity index (χ4v) is 3.18. The Morgan fingerprint density at radius 1 is 1.06 bits per heavy atom. The van der Waals surface area contributed by atoms with Crippen LogP contribution in [0.1, 0.15) is 56.6 Å². The van der Waals surface area contributed by atoms with Gasteiger partial charge in [0, 0.05) is 17.7 Å². The quantitative estimate of drug-likeness (QED) is 0.153. The number of non-ortho nitro benzene ring substituents is 1. The summed E-state index contributed by atoms with van der Waals surface area (Å²) in [6.45, 7) is 2.90. The predicted octanol–water partition coefficient (Wildman–Crippen LogP) is 5.68. The number of hydrogen-bond donors (Lipinski definition) is 0. The van der Waals surface area contributed by atoms with E-state index >= 15 is 0 Å². The number of aliphatic imine (C=N–C) groups is 1. The second-order valence-corrected chi connectivity index (χ2v) is 7.33. The van der Waals surface area contributed by atoms with E-state index in [4.69, 9.17) is 9.47 Å². The summed E-state index contributed by atoms with van der Waals surface area (Å²) < 4.78 is 11.0. The number of hydrogen-bond acceptors (Lipinski definition) is 6. The molecule has 0 saturated carbocycles. The zero-order chi connectivity index (χ0) is 22.1. The average Bonchev–Trinajstić information content (AvgIpc) is 3.14. The number of esters is 1. The largest absolute Gasteiger partial charge is 0.494 e. The topological polar surface area (TPSA) is 91.0 Å². The van der Waals surface area contributed by atoms with E-state index in [2.05, 4.69) is 11.9 Å². The highest BCUT2D eigenvalue weighted by Crippen LogP contribution is 2.22. The number of ether oxygens (including phenoxy) is 2. The van der Waals surface area contributed by atoms with Gasteiger partial charge in [-0.1, -0.05) is 57.2 Å². The molecule has 0 spiro atoms. The molecule has 1 aliphatic heterocycles. The lowest BCUT2D eigenvalue weighted by Gasteiger charge is -2.06. The van der Waals surface area contributed by atoms with Crippen LogP contribution in [0.15, 0.2) is 59.2 Å². The van der Waals surface area contributed by atoms with Gasteiger partial charge in [0.25, 0.3) is 5.69 Å².